The van der Waals surface area contributed by atoms with Gasteiger partial charge in [0.1, 0.15) is 5.82 Å². The van der Waals surface area contributed by atoms with Gasteiger partial charge in [0.25, 0.3) is 0 Å². The number of aromatic nitrogens is 2. The van der Waals surface area contributed by atoms with Gasteiger partial charge in [-0.25, -0.2) is 9.78 Å². The molecule has 0 saturated heterocycles. The maximum Gasteiger partial charge on any atom is 0.338 e. The van der Waals surface area contributed by atoms with E-state index in [0.29, 0.717) is 24.3 Å². The second-order valence-electron chi connectivity index (χ2n) is 4.41. The average molecular weight is 259 g/mol. The molecule has 0 amide bonds. The van der Waals surface area contributed by atoms with Gasteiger partial charge in [-0.2, -0.15) is 0 Å². The smallest absolute Gasteiger partial charge is 0.338 e. The number of hydrogen-bond acceptors (Lipinski definition) is 4. The first-order chi connectivity index (χ1) is 9.08. The number of esters is 1. The number of benzene rings is 1. The number of carbonyl (C=O) groups excluding carboxylic acids is 1. The molecule has 2 N–H and O–H groups in total. The van der Waals surface area contributed by atoms with Crippen LogP contribution in [0, 0.1) is 6.92 Å². The molecule has 5 heteroatoms. The number of hydrogen-bond donors (Lipinski definition) is 1. The van der Waals surface area contributed by atoms with Crippen molar-refractivity contribution >= 4 is 11.7 Å². The fraction of sp³-hybridized carbons (Fsp3) is 0.286. The van der Waals surface area contributed by atoms with Gasteiger partial charge in [0.05, 0.1) is 12.2 Å². The second-order valence-corrected chi connectivity index (χ2v) is 4.41. The minimum atomic E-state index is -0.336. The third-order valence-corrected chi connectivity index (χ3v) is 2.99. The van der Waals surface area contributed by atoms with E-state index in [4.69, 9.17) is 10.5 Å². The number of anilines is 1. The van der Waals surface area contributed by atoms with Crippen LogP contribution in [0.5, 0.6) is 0 Å². The van der Waals surface area contributed by atoms with Gasteiger partial charge in [-0.3, -0.25) is 0 Å². The lowest BCUT2D eigenvalue weighted by Gasteiger charge is -2.06. The molecule has 0 radical (unpaired) electrons. The molecule has 0 saturated carbocycles. The molecule has 100 valence electrons. The molecular formula is C14H17N3O2. The highest BCUT2D eigenvalue weighted by Crippen LogP contribution is 2.13. The predicted octanol–water partition coefficient (Wildman–Crippen LogP) is 1.71. The zero-order valence-electron chi connectivity index (χ0n) is 11.1. The first kappa shape index (κ1) is 13.1. The molecular weight excluding hydrogens is 242 g/mol. The zero-order chi connectivity index (χ0) is 13.8. The summed E-state index contributed by atoms with van der Waals surface area (Å²) in [5.41, 5.74) is 7.77. The first-order valence-electron chi connectivity index (χ1n) is 6.07. The van der Waals surface area contributed by atoms with Gasteiger partial charge in [0.2, 0.25) is 0 Å². The minimum absolute atomic E-state index is 0.313. The van der Waals surface area contributed by atoms with Crippen LogP contribution in [0.1, 0.15) is 21.7 Å². The summed E-state index contributed by atoms with van der Waals surface area (Å²) in [6.45, 7) is 2.17. The molecule has 1 heterocycles. The molecule has 1 aromatic carbocycles. The quantitative estimate of drug-likeness (QED) is 0.670. The van der Waals surface area contributed by atoms with Gasteiger partial charge in [0, 0.05) is 31.5 Å². The lowest BCUT2D eigenvalue weighted by Crippen LogP contribution is -2.10. The van der Waals surface area contributed by atoms with Crippen LogP contribution in [0.2, 0.25) is 0 Å². The number of rotatable bonds is 4. The summed E-state index contributed by atoms with van der Waals surface area (Å²) in [7, 11) is 1.91. The van der Waals surface area contributed by atoms with Crippen LogP contribution in [0.25, 0.3) is 0 Å². The first-order valence-corrected chi connectivity index (χ1v) is 6.07. The van der Waals surface area contributed by atoms with Crippen LogP contribution in [-0.4, -0.2) is 22.1 Å². The van der Waals surface area contributed by atoms with Crippen LogP contribution in [0.3, 0.4) is 0 Å². The Balaban J connectivity index is 1.91. The number of ether oxygens (including phenoxy) is 1. The molecule has 0 aliphatic heterocycles. The molecule has 1 aromatic heterocycles. The highest BCUT2D eigenvalue weighted by Gasteiger charge is 2.09. The number of aryl methyl sites for hydroxylation is 2. The molecule has 5 nitrogen and oxygen atoms in total. The number of nitrogens with two attached hydrogens (primary N) is 1. The van der Waals surface area contributed by atoms with E-state index in [1.165, 1.54) is 0 Å². The van der Waals surface area contributed by atoms with Crippen molar-refractivity contribution in [3.8, 4) is 0 Å². The summed E-state index contributed by atoms with van der Waals surface area (Å²) in [6, 6.07) is 5.12. The van der Waals surface area contributed by atoms with Crippen molar-refractivity contribution in [2.24, 2.45) is 7.05 Å². The van der Waals surface area contributed by atoms with Gasteiger partial charge in [-0.15, -0.1) is 0 Å². The highest BCUT2D eigenvalue weighted by molar-refractivity contribution is 5.90. The van der Waals surface area contributed by atoms with Crippen molar-refractivity contribution in [2.75, 3.05) is 12.3 Å². The Morgan fingerprint density at radius 2 is 2.26 bits per heavy atom. The largest absolute Gasteiger partial charge is 0.462 e. The number of imidazole rings is 1. The fourth-order valence-electron chi connectivity index (χ4n) is 1.76. The maximum absolute atomic E-state index is 11.8. The highest BCUT2D eigenvalue weighted by atomic mass is 16.5. The van der Waals surface area contributed by atoms with Crippen molar-refractivity contribution < 1.29 is 9.53 Å². The summed E-state index contributed by atoms with van der Waals surface area (Å²) in [4.78, 5) is 16.0. The molecule has 0 spiro atoms. The van der Waals surface area contributed by atoms with E-state index in [1.807, 2.05) is 24.7 Å². The Labute approximate surface area is 112 Å². The molecule has 0 atom stereocenters. The van der Waals surface area contributed by atoms with E-state index in [9.17, 15) is 4.79 Å². The van der Waals surface area contributed by atoms with Gasteiger partial charge in [0.15, 0.2) is 0 Å². The normalized spacial score (nSPS) is 10.4. The van der Waals surface area contributed by atoms with Crippen molar-refractivity contribution in [3.63, 3.8) is 0 Å². The summed E-state index contributed by atoms with van der Waals surface area (Å²) < 4.78 is 7.12. The molecule has 0 bridgehead atoms. The van der Waals surface area contributed by atoms with Gasteiger partial charge in [-0.1, -0.05) is 0 Å². The van der Waals surface area contributed by atoms with Crippen LogP contribution >= 0.6 is 0 Å². The van der Waals surface area contributed by atoms with Crippen molar-refractivity contribution in [1.29, 1.82) is 0 Å². The Morgan fingerprint density at radius 3 is 2.89 bits per heavy atom. The molecule has 19 heavy (non-hydrogen) atoms. The van der Waals surface area contributed by atoms with Gasteiger partial charge in [-0.05, 0) is 30.7 Å². The van der Waals surface area contributed by atoms with Crippen molar-refractivity contribution in [1.82, 2.24) is 9.55 Å². The standard InChI is InChI=1S/C14H17N3O2/c1-10-9-11(3-4-12(10)15)14(18)19-8-5-13-16-6-7-17(13)2/h3-4,6-7,9H,5,8,15H2,1-2H3. The zero-order valence-corrected chi connectivity index (χ0v) is 11.1. The summed E-state index contributed by atoms with van der Waals surface area (Å²) in [5, 5.41) is 0. The Morgan fingerprint density at radius 1 is 1.47 bits per heavy atom. The Kier molecular flexibility index (Phi) is 3.85. The number of nitrogen functional groups attached to an aromatic ring is 1. The third kappa shape index (κ3) is 3.13. The molecule has 0 aliphatic carbocycles. The SMILES string of the molecule is Cc1cc(C(=O)OCCc2nccn2C)ccc1N. The fourth-order valence-corrected chi connectivity index (χ4v) is 1.76. The summed E-state index contributed by atoms with van der Waals surface area (Å²) in [5.74, 6) is 0.554. The topological polar surface area (TPSA) is 70.1 Å². The van der Waals surface area contributed by atoms with Crippen LogP contribution in [0.15, 0.2) is 30.6 Å². The Bertz CT molecular complexity index is 590. The maximum atomic E-state index is 11.8. The molecule has 0 aliphatic rings. The molecule has 2 rings (SSSR count). The van der Waals surface area contributed by atoms with Crippen LogP contribution in [-0.2, 0) is 18.2 Å². The average Bonchev–Trinajstić information content (AvgIpc) is 2.78. The van der Waals surface area contributed by atoms with Gasteiger partial charge >= 0.3 is 5.97 Å². The second kappa shape index (κ2) is 5.56. The number of carbonyl (C=O) groups is 1. The lowest BCUT2D eigenvalue weighted by molar-refractivity contribution is 0.0507. The van der Waals surface area contributed by atoms with E-state index in [-0.39, 0.29) is 5.97 Å². The lowest BCUT2D eigenvalue weighted by atomic mass is 10.1. The molecule has 0 unspecified atom stereocenters. The van der Waals surface area contributed by atoms with Crippen molar-refractivity contribution in [3.05, 3.63) is 47.5 Å². The van der Waals surface area contributed by atoms with E-state index in [2.05, 4.69) is 4.98 Å². The monoisotopic (exact) mass is 259 g/mol. The molecule has 2 aromatic rings. The molecule has 0 fully saturated rings. The minimum Gasteiger partial charge on any atom is -0.462 e. The summed E-state index contributed by atoms with van der Waals surface area (Å²) in [6.07, 6.45) is 4.18. The van der Waals surface area contributed by atoms with E-state index in [0.717, 1.165) is 11.4 Å². The Hall–Kier alpha value is -2.30. The van der Waals surface area contributed by atoms with Gasteiger partial charge < -0.3 is 15.0 Å². The van der Waals surface area contributed by atoms with Crippen LogP contribution < -0.4 is 5.73 Å². The third-order valence-electron chi connectivity index (χ3n) is 2.99. The number of nitrogens with zero attached hydrogens (tertiary/aromatic N) is 2. The van der Waals surface area contributed by atoms with E-state index < -0.39 is 0 Å². The summed E-state index contributed by atoms with van der Waals surface area (Å²) >= 11 is 0. The van der Waals surface area contributed by atoms with E-state index >= 15 is 0 Å². The van der Waals surface area contributed by atoms with E-state index in [1.54, 1.807) is 24.4 Å². The predicted molar refractivity (Wildman–Crippen MR) is 72.8 cm³/mol. The van der Waals surface area contributed by atoms with Crippen molar-refractivity contribution in [2.45, 2.75) is 13.3 Å². The van der Waals surface area contributed by atoms with Crippen LogP contribution in [0.4, 0.5) is 5.69 Å².